The largest absolute Gasteiger partial charge is 0.453 e. The molecule has 2 heterocycles. The summed E-state index contributed by atoms with van der Waals surface area (Å²) in [6, 6.07) is 17.4. The predicted molar refractivity (Wildman–Crippen MR) is 154 cm³/mol. The summed E-state index contributed by atoms with van der Waals surface area (Å²) in [7, 11) is 1.29. The summed E-state index contributed by atoms with van der Waals surface area (Å²) >= 11 is 0. The van der Waals surface area contributed by atoms with Gasteiger partial charge < -0.3 is 31.4 Å². The summed E-state index contributed by atoms with van der Waals surface area (Å²) in [6.45, 7) is 4.60. The molecule has 3 aromatic carbocycles. The van der Waals surface area contributed by atoms with Crippen molar-refractivity contribution in [3.05, 3.63) is 66.6 Å². The molecule has 9 nitrogen and oxygen atoms in total. The number of hydrogen-bond acceptors (Lipinski definition) is 6. The molecule has 1 aliphatic rings. The van der Waals surface area contributed by atoms with E-state index in [0.717, 1.165) is 45.4 Å². The van der Waals surface area contributed by atoms with Crippen LogP contribution in [-0.4, -0.2) is 46.6 Å². The lowest BCUT2D eigenvalue weighted by molar-refractivity contribution is -0.134. The molecule has 0 bridgehead atoms. The maximum atomic E-state index is 13.3. The molecular weight excluding hydrogens is 492 g/mol. The third-order valence-corrected chi connectivity index (χ3v) is 7.46. The van der Waals surface area contributed by atoms with Crippen molar-refractivity contribution in [3.8, 4) is 22.4 Å². The zero-order valence-electron chi connectivity index (χ0n) is 22.4. The number of rotatable bonds is 6. The Morgan fingerprint density at radius 2 is 1.72 bits per heavy atom. The number of nitrogens with two attached hydrogens (primary N) is 2. The van der Waals surface area contributed by atoms with Crippen LogP contribution >= 0.6 is 0 Å². The van der Waals surface area contributed by atoms with Crippen molar-refractivity contribution in [3.63, 3.8) is 0 Å². The van der Waals surface area contributed by atoms with E-state index in [0.29, 0.717) is 30.3 Å². The highest BCUT2D eigenvalue weighted by Crippen LogP contribution is 2.36. The van der Waals surface area contributed by atoms with E-state index in [2.05, 4.69) is 58.6 Å². The molecule has 1 aromatic heterocycles. The van der Waals surface area contributed by atoms with Crippen molar-refractivity contribution in [2.75, 3.05) is 25.1 Å². The highest BCUT2D eigenvalue weighted by Gasteiger charge is 2.38. The number of nitrogens with one attached hydrogen (secondary N) is 2. The lowest BCUT2D eigenvalue weighted by atomic mass is 9.99. The van der Waals surface area contributed by atoms with Gasteiger partial charge in [0.25, 0.3) is 0 Å². The number of nitrogens with zero attached hydrogens (tertiary/aromatic N) is 2. The van der Waals surface area contributed by atoms with Crippen molar-refractivity contribution >= 4 is 34.1 Å². The van der Waals surface area contributed by atoms with Gasteiger partial charge in [0.2, 0.25) is 5.91 Å². The van der Waals surface area contributed by atoms with Crippen LogP contribution in [0.1, 0.15) is 38.6 Å². The number of anilines is 2. The van der Waals surface area contributed by atoms with Gasteiger partial charge >= 0.3 is 6.09 Å². The van der Waals surface area contributed by atoms with Gasteiger partial charge in [-0.1, -0.05) is 44.2 Å². The van der Waals surface area contributed by atoms with E-state index in [1.165, 1.54) is 7.11 Å². The van der Waals surface area contributed by atoms with Crippen LogP contribution in [0.5, 0.6) is 0 Å². The lowest BCUT2D eigenvalue weighted by Gasteiger charge is -2.27. The van der Waals surface area contributed by atoms with E-state index < -0.39 is 12.1 Å². The maximum Gasteiger partial charge on any atom is 0.407 e. The molecule has 2 amide bonds. The van der Waals surface area contributed by atoms with Crippen molar-refractivity contribution in [2.24, 2.45) is 5.92 Å². The molecule has 0 aliphatic carbocycles. The van der Waals surface area contributed by atoms with Gasteiger partial charge in [-0.15, -0.1) is 0 Å². The molecule has 9 heteroatoms. The average Bonchev–Trinajstić information content (AvgIpc) is 3.59. The third kappa shape index (κ3) is 5.25. The van der Waals surface area contributed by atoms with Crippen LogP contribution in [0.4, 0.5) is 16.2 Å². The molecule has 4 aromatic rings. The van der Waals surface area contributed by atoms with E-state index in [-0.39, 0.29) is 11.9 Å². The van der Waals surface area contributed by atoms with Crippen LogP contribution < -0.4 is 16.8 Å². The van der Waals surface area contributed by atoms with Crippen LogP contribution in [0.25, 0.3) is 33.2 Å². The van der Waals surface area contributed by atoms with Gasteiger partial charge in [-0.25, -0.2) is 9.78 Å². The monoisotopic (exact) mass is 526 g/mol. The molecular formula is C30H34N6O3. The Morgan fingerprint density at radius 1 is 1.05 bits per heavy atom. The van der Waals surface area contributed by atoms with Gasteiger partial charge in [-0.05, 0) is 64.9 Å². The molecule has 0 spiro atoms. The number of methoxy groups -OCH3 is 1. The van der Waals surface area contributed by atoms with Crippen molar-refractivity contribution in [1.82, 2.24) is 20.2 Å². The Balaban J connectivity index is 1.38. The number of likely N-dealkylation sites (tertiary alicyclic amines) is 1. The van der Waals surface area contributed by atoms with Gasteiger partial charge in [-0.2, -0.15) is 0 Å². The van der Waals surface area contributed by atoms with E-state index in [9.17, 15) is 9.59 Å². The summed E-state index contributed by atoms with van der Waals surface area (Å²) in [5.74, 6) is 0.931. The van der Waals surface area contributed by atoms with Crippen molar-refractivity contribution in [1.29, 1.82) is 0 Å². The summed E-state index contributed by atoms with van der Waals surface area (Å²) in [6.07, 6.45) is 2.47. The minimum Gasteiger partial charge on any atom is -0.453 e. The van der Waals surface area contributed by atoms with Gasteiger partial charge in [-0.3, -0.25) is 4.79 Å². The number of alkyl carbamates (subject to hydrolysis) is 1. The molecule has 5 rings (SSSR count). The SMILES string of the molecule is CC[C@H](NC(=O)OC)C(=O)N1C[C@@H](C)C[C@H]1c1ncc(-c2ccc3cc(-c4ccc(N)c(N)c4)ccc3c2)[nH]1. The van der Waals surface area contributed by atoms with Gasteiger partial charge in [0, 0.05) is 12.1 Å². The van der Waals surface area contributed by atoms with Gasteiger partial charge in [0.05, 0.1) is 36.4 Å². The van der Waals surface area contributed by atoms with Crippen molar-refractivity contribution in [2.45, 2.75) is 38.8 Å². The molecule has 39 heavy (non-hydrogen) atoms. The number of imidazole rings is 1. The fourth-order valence-electron chi connectivity index (χ4n) is 5.29. The first-order valence-corrected chi connectivity index (χ1v) is 13.2. The molecule has 6 N–H and O–H groups in total. The maximum absolute atomic E-state index is 13.3. The highest BCUT2D eigenvalue weighted by atomic mass is 16.5. The standard InChI is InChI=1S/C30H34N6O3/c1-4-25(35-30(38)39-3)29(37)36-16-17(2)11-27(36)28-33-15-26(34-28)22-8-7-18-12-19(5-6-20(18)13-22)21-9-10-23(31)24(32)14-21/h5-10,12-15,17,25,27H,4,11,16,31-32H2,1-3H3,(H,33,34)(H,35,38)/t17-,25-,27-/m0/s1. The number of amides is 2. The second-order valence-corrected chi connectivity index (χ2v) is 10.2. The van der Waals surface area contributed by atoms with Crippen LogP contribution in [0.15, 0.2) is 60.8 Å². The topological polar surface area (TPSA) is 139 Å². The zero-order chi connectivity index (χ0) is 27.7. The second kappa shape index (κ2) is 10.7. The molecule has 3 atom stereocenters. The van der Waals surface area contributed by atoms with E-state index in [1.807, 2.05) is 36.2 Å². The minimum atomic E-state index is -0.644. The fourth-order valence-corrected chi connectivity index (χ4v) is 5.29. The number of nitrogen functional groups attached to an aromatic ring is 2. The fraction of sp³-hybridized carbons (Fsp3) is 0.300. The van der Waals surface area contributed by atoms with E-state index >= 15 is 0 Å². The number of hydrogen-bond donors (Lipinski definition) is 4. The lowest BCUT2D eigenvalue weighted by Crippen LogP contribution is -2.48. The van der Waals surface area contributed by atoms with Crippen LogP contribution in [0, 0.1) is 5.92 Å². The van der Waals surface area contributed by atoms with Crippen LogP contribution in [-0.2, 0) is 9.53 Å². The van der Waals surface area contributed by atoms with Gasteiger partial charge in [0.1, 0.15) is 11.9 Å². The van der Waals surface area contributed by atoms with E-state index in [1.54, 1.807) is 0 Å². The number of benzene rings is 3. The highest BCUT2D eigenvalue weighted by molar-refractivity contribution is 5.91. The first-order chi connectivity index (χ1) is 18.8. The first kappa shape index (κ1) is 26.1. The number of fused-ring (bicyclic) bond motifs is 1. The number of aromatic amines is 1. The number of ether oxygens (including phenoxy) is 1. The Bertz CT molecular complexity index is 1530. The summed E-state index contributed by atoms with van der Waals surface area (Å²) < 4.78 is 4.70. The van der Waals surface area contributed by atoms with Crippen LogP contribution in [0.2, 0.25) is 0 Å². The zero-order valence-corrected chi connectivity index (χ0v) is 22.4. The molecule has 0 saturated carbocycles. The predicted octanol–water partition coefficient (Wildman–Crippen LogP) is 5.11. The quantitative estimate of drug-likeness (QED) is 0.258. The smallest absolute Gasteiger partial charge is 0.407 e. The van der Waals surface area contributed by atoms with E-state index in [4.69, 9.17) is 16.2 Å². The second-order valence-electron chi connectivity index (χ2n) is 10.2. The Morgan fingerprint density at radius 3 is 2.41 bits per heavy atom. The summed E-state index contributed by atoms with van der Waals surface area (Å²) in [4.78, 5) is 35.0. The molecule has 1 saturated heterocycles. The molecule has 0 radical (unpaired) electrons. The number of H-pyrrole nitrogens is 1. The minimum absolute atomic E-state index is 0.125. The first-order valence-electron chi connectivity index (χ1n) is 13.2. The summed E-state index contributed by atoms with van der Waals surface area (Å²) in [5.41, 5.74) is 17.0. The number of carbonyl (C=O) groups excluding carboxylic acids is 2. The molecule has 1 aliphatic heterocycles. The molecule has 0 unspecified atom stereocenters. The summed E-state index contributed by atoms with van der Waals surface area (Å²) in [5, 5.41) is 4.86. The van der Waals surface area contributed by atoms with Crippen LogP contribution in [0.3, 0.4) is 0 Å². The van der Waals surface area contributed by atoms with Crippen molar-refractivity contribution < 1.29 is 14.3 Å². The Labute approximate surface area is 227 Å². The number of carbonyl (C=O) groups is 2. The molecule has 202 valence electrons. The van der Waals surface area contributed by atoms with Gasteiger partial charge in [0.15, 0.2) is 0 Å². The Hall–Kier alpha value is -4.53. The molecule has 1 fully saturated rings. The Kier molecular flexibility index (Phi) is 7.15. The number of aromatic nitrogens is 2. The average molecular weight is 527 g/mol. The third-order valence-electron chi connectivity index (χ3n) is 7.46. The normalized spacial score (nSPS) is 17.8.